The van der Waals surface area contributed by atoms with Crippen molar-refractivity contribution < 1.29 is 4.79 Å². The Balaban J connectivity index is 2.48. The minimum atomic E-state index is 0.0398. The quantitative estimate of drug-likeness (QED) is 0.770. The number of hydrogen-bond donors (Lipinski definition) is 1. The van der Waals surface area contributed by atoms with Crippen LogP contribution < -0.4 is 5.73 Å². The second-order valence-electron chi connectivity index (χ2n) is 4.45. The number of carbonyl (C=O) groups excluding carboxylic acids is 1. The van der Waals surface area contributed by atoms with Crippen molar-refractivity contribution in [3.05, 3.63) is 40.6 Å². The molecule has 0 atom stereocenters. The minimum absolute atomic E-state index is 0.0398. The predicted octanol–water partition coefficient (Wildman–Crippen LogP) is 2.45. The number of Topliss-reactive ketones (excluding diaryl/α,β-unsaturated/α-hetero) is 1. The van der Waals surface area contributed by atoms with Crippen molar-refractivity contribution in [2.75, 3.05) is 0 Å². The van der Waals surface area contributed by atoms with Gasteiger partial charge in [-0.2, -0.15) is 0 Å². The van der Waals surface area contributed by atoms with Gasteiger partial charge in [0.05, 0.1) is 0 Å². The van der Waals surface area contributed by atoms with Crippen LogP contribution in [0.1, 0.15) is 37.0 Å². The first-order valence-corrected chi connectivity index (χ1v) is 5.69. The number of rotatable bonds is 2. The van der Waals surface area contributed by atoms with Gasteiger partial charge in [0.1, 0.15) is 0 Å². The van der Waals surface area contributed by atoms with Crippen LogP contribution in [0.2, 0.25) is 0 Å². The number of aryl methyl sites for hydroxylation is 2. The average Bonchev–Trinajstić information content (AvgIpc) is 2.63. The molecule has 0 fully saturated rings. The molecule has 0 saturated carbocycles. The fraction of sp³-hybridized carbons (Fsp3) is 0.357. The molecule has 1 aromatic rings. The Morgan fingerprint density at radius 2 is 1.88 bits per heavy atom. The van der Waals surface area contributed by atoms with E-state index in [2.05, 4.69) is 12.1 Å². The van der Waals surface area contributed by atoms with Gasteiger partial charge >= 0.3 is 0 Å². The van der Waals surface area contributed by atoms with E-state index in [0.29, 0.717) is 11.3 Å². The molecule has 0 heterocycles. The molecule has 1 aromatic carbocycles. The summed E-state index contributed by atoms with van der Waals surface area (Å²) in [6, 6.07) is 6.26. The van der Waals surface area contributed by atoms with Gasteiger partial charge in [0.15, 0.2) is 5.78 Å². The zero-order valence-corrected chi connectivity index (χ0v) is 9.84. The largest absolute Gasteiger partial charge is 0.402 e. The first-order chi connectivity index (χ1) is 7.59. The van der Waals surface area contributed by atoms with Crippen molar-refractivity contribution in [3.63, 3.8) is 0 Å². The maximum Gasteiger partial charge on any atom is 0.162 e. The molecule has 2 rings (SSSR count). The van der Waals surface area contributed by atoms with E-state index in [9.17, 15) is 4.79 Å². The van der Waals surface area contributed by atoms with E-state index < -0.39 is 0 Å². The second kappa shape index (κ2) is 4.12. The monoisotopic (exact) mass is 215 g/mol. The molecule has 0 aliphatic heterocycles. The second-order valence-corrected chi connectivity index (χ2v) is 4.45. The average molecular weight is 215 g/mol. The summed E-state index contributed by atoms with van der Waals surface area (Å²) in [5.74, 6) is 0.0398. The smallest absolute Gasteiger partial charge is 0.162 e. The van der Waals surface area contributed by atoms with Crippen LogP contribution in [0.3, 0.4) is 0 Å². The van der Waals surface area contributed by atoms with Crippen molar-refractivity contribution in [3.8, 4) is 0 Å². The van der Waals surface area contributed by atoms with Gasteiger partial charge in [-0.25, -0.2) is 0 Å². The van der Waals surface area contributed by atoms with Crippen molar-refractivity contribution in [2.45, 2.75) is 33.1 Å². The Bertz CT molecular complexity index is 468. The number of ketones is 1. The summed E-state index contributed by atoms with van der Waals surface area (Å²) in [5.41, 5.74) is 10.8. The third kappa shape index (κ3) is 1.87. The summed E-state index contributed by atoms with van der Waals surface area (Å²) >= 11 is 0. The number of fused-ring (bicyclic) bond motifs is 1. The normalized spacial score (nSPS) is 15.6. The van der Waals surface area contributed by atoms with Crippen LogP contribution in [-0.4, -0.2) is 5.78 Å². The summed E-state index contributed by atoms with van der Waals surface area (Å²) in [6.07, 6.45) is 3.51. The van der Waals surface area contributed by atoms with Crippen LogP contribution in [0.4, 0.5) is 0 Å². The zero-order chi connectivity index (χ0) is 11.7. The summed E-state index contributed by atoms with van der Waals surface area (Å²) < 4.78 is 0. The molecule has 84 valence electrons. The molecule has 2 nitrogen and oxygen atoms in total. The van der Waals surface area contributed by atoms with Crippen LogP contribution in [-0.2, 0) is 17.6 Å². The number of hydrogen-bond acceptors (Lipinski definition) is 2. The van der Waals surface area contributed by atoms with Crippen molar-refractivity contribution in [1.29, 1.82) is 0 Å². The van der Waals surface area contributed by atoms with Crippen LogP contribution in [0.15, 0.2) is 23.9 Å². The number of carbonyl (C=O) groups is 1. The highest BCUT2D eigenvalue weighted by Crippen LogP contribution is 2.26. The molecule has 1 aliphatic carbocycles. The SMILES string of the molecule is CC(=O)/C(=C(\C)N)c1ccc2c(c1)CCC2. The molecule has 0 bridgehead atoms. The maximum atomic E-state index is 11.5. The molecule has 1 aliphatic rings. The maximum absolute atomic E-state index is 11.5. The fourth-order valence-electron chi connectivity index (χ4n) is 2.44. The predicted molar refractivity (Wildman–Crippen MR) is 65.9 cm³/mol. The van der Waals surface area contributed by atoms with Crippen molar-refractivity contribution in [2.24, 2.45) is 5.73 Å². The molecule has 0 aromatic heterocycles. The standard InChI is InChI=1S/C14H17NO/c1-9(15)14(10(2)16)13-7-6-11-4-3-5-12(11)8-13/h6-8H,3-5,15H2,1-2H3/b14-9-. The lowest BCUT2D eigenvalue weighted by molar-refractivity contribution is -0.111. The summed E-state index contributed by atoms with van der Waals surface area (Å²) in [7, 11) is 0. The lowest BCUT2D eigenvalue weighted by atomic mass is 9.97. The van der Waals surface area contributed by atoms with Gasteiger partial charge in [0.2, 0.25) is 0 Å². The van der Waals surface area contributed by atoms with Gasteiger partial charge in [0.25, 0.3) is 0 Å². The molecule has 0 unspecified atom stereocenters. The van der Waals surface area contributed by atoms with Crippen LogP contribution in [0.5, 0.6) is 0 Å². The fourth-order valence-corrected chi connectivity index (χ4v) is 2.44. The Morgan fingerprint density at radius 1 is 1.19 bits per heavy atom. The Morgan fingerprint density at radius 3 is 2.50 bits per heavy atom. The van der Waals surface area contributed by atoms with Gasteiger partial charge in [-0.05, 0) is 49.8 Å². The Kier molecular flexibility index (Phi) is 2.82. The highest BCUT2D eigenvalue weighted by molar-refractivity contribution is 6.20. The van der Waals surface area contributed by atoms with E-state index in [-0.39, 0.29) is 5.78 Å². The van der Waals surface area contributed by atoms with E-state index >= 15 is 0 Å². The van der Waals surface area contributed by atoms with Crippen molar-refractivity contribution in [1.82, 2.24) is 0 Å². The third-order valence-electron chi connectivity index (χ3n) is 3.13. The Hall–Kier alpha value is -1.57. The van der Waals surface area contributed by atoms with Gasteiger partial charge in [-0.1, -0.05) is 18.2 Å². The Labute approximate surface area is 96.2 Å². The van der Waals surface area contributed by atoms with Gasteiger partial charge < -0.3 is 5.73 Å². The molecule has 0 radical (unpaired) electrons. The number of benzene rings is 1. The molecule has 2 N–H and O–H groups in total. The van der Waals surface area contributed by atoms with Crippen molar-refractivity contribution >= 4 is 11.4 Å². The lowest BCUT2D eigenvalue weighted by Gasteiger charge is -2.08. The van der Waals surface area contributed by atoms with Crippen LogP contribution >= 0.6 is 0 Å². The van der Waals surface area contributed by atoms with E-state index in [1.807, 2.05) is 6.07 Å². The van der Waals surface area contributed by atoms with Gasteiger partial charge in [-0.15, -0.1) is 0 Å². The molecule has 0 saturated heterocycles. The third-order valence-corrected chi connectivity index (χ3v) is 3.13. The van der Waals surface area contributed by atoms with Crippen LogP contribution in [0.25, 0.3) is 5.57 Å². The van der Waals surface area contributed by atoms with E-state index in [1.165, 1.54) is 17.5 Å². The first-order valence-electron chi connectivity index (χ1n) is 5.69. The van der Waals surface area contributed by atoms with E-state index in [4.69, 9.17) is 5.73 Å². The lowest BCUT2D eigenvalue weighted by Crippen LogP contribution is -2.05. The molecular formula is C14H17NO. The molecule has 2 heteroatoms. The molecular weight excluding hydrogens is 198 g/mol. The molecule has 0 spiro atoms. The van der Waals surface area contributed by atoms with Gasteiger partial charge in [0, 0.05) is 11.3 Å². The number of allylic oxidation sites excluding steroid dienone is 2. The summed E-state index contributed by atoms with van der Waals surface area (Å²) in [4.78, 5) is 11.5. The summed E-state index contributed by atoms with van der Waals surface area (Å²) in [6.45, 7) is 3.35. The first kappa shape index (κ1) is 10.9. The topological polar surface area (TPSA) is 43.1 Å². The zero-order valence-electron chi connectivity index (χ0n) is 9.84. The van der Waals surface area contributed by atoms with Crippen LogP contribution in [0, 0.1) is 0 Å². The number of nitrogens with two attached hydrogens (primary N) is 1. The highest BCUT2D eigenvalue weighted by atomic mass is 16.1. The summed E-state index contributed by atoms with van der Waals surface area (Å²) in [5, 5.41) is 0. The van der Waals surface area contributed by atoms with E-state index in [1.54, 1.807) is 13.8 Å². The molecule has 0 amide bonds. The van der Waals surface area contributed by atoms with Gasteiger partial charge in [-0.3, -0.25) is 4.79 Å². The van der Waals surface area contributed by atoms with E-state index in [0.717, 1.165) is 18.4 Å². The molecule has 16 heavy (non-hydrogen) atoms. The highest BCUT2D eigenvalue weighted by Gasteiger charge is 2.15. The minimum Gasteiger partial charge on any atom is -0.402 e.